The molecule has 82 valence electrons. The van der Waals surface area contributed by atoms with Crippen LogP contribution < -0.4 is 4.72 Å². The summed E-state index contributed by atoms with van der Waals surface area (Å²) in [6, 6.07) is 1.98. The van der Waals surface area contributed by atoms with Crippen LogP contribution in [-0.4, -0.2) is 15.2 Å². The molecule has 0 spiro atoms. The summed E-state index contributed by atoms with van der Waals surface area (Å²) in [5, 5.41) is 0.770. The van der Waals surface area contributed by atoms with E-state index in [1.54, 1.807) is 11.9 Å². The van der Waals surface area contributed by atoms with Crippen LogP contribution in [-0.2, 0) is 5.41 Å². The van der Waals surface area contributed by atoms with Gasteiger partial charge >= 0.3 is 0 Å². The Morgan fingerprint density at radius 1 is 1.40 bits per heavy atom. The van der Waals surface area contributed by atoms with E-state index >= 15 is 0 Å². The zero-order valence-electron chi connectivity index (χ0n) is 9.45. The van der Waals surface area contributed by atoms with Gasteiger partial charge in [0.15, 0.2) is 0 Å². The van der Waals surface area contributed by atoms with Crippen molar-refractivity contribution in [2.24, 2.45) is 0 Å². The van der Waals surface area contributed by atoms with Crippen LogP contribution in [0, 0.1) is 0 Å². The summed E-state index contributed by atoms with van der Waals surface area (Å²) in [5.41, 5.74) is 1.17. The van der Waals surface area contributed by atoms with Crippen molar-refractivity contribution < 1.29 is 0 Å². The number of aromatic nitrogens is 2. The highest BCUT2D eigenvalue weighted by atomic mass is 32.2. The molecule has 0 unspecified atom stereocenters. The second-order valence-corrected chi connectivity index (χ2v) is 6.04. The van der Waals surface area contributed by atoms with Gasteiger partial charge in [-0.1, -0.05) is 20.8 Å². The van der Waals surface area contributed by atoms with Crippen LogP contribution in [0.25, 0.3) is 0 Å². The number of nitrogens with one attached hydrogen (secondary N) is 1. The molecule has 4 heteroatoms. The maximum atomic E-state index is 4.50. The van der Waals surface area contributed by atoms with E-state index in [0.29, 0.717) is 0 Å². The Morgan fingerprint density at radius 3 is 2.73 bits per heavy atom. The van der Waals surface area contributed by atoms with Crippen LogP contribution >= 0.6 is 11.9 Å². The molecule has 0 saturated heterocycles. The monoisotopic (exact) mass is 223 g/mol. The van der Waals surface area contributed by atoms with E-state index in [9.17, 15) is 0 Å². The molecule has 1 aliphatic carbocycles. The third-order valence-corrected chi connectivity index (χ3v) is 3.37. The molecule has 0 aliphatic heterocycles. The van der Waals surface area contributed by atoms with Crippen LogP contribution in [0.15, 0.2) is 12.3 Å². The van der Waals surface area contributed by atoms with E-state index in [-0.39, 0.29) is 5.41 Å². The minimum absolute atomic E-state index is 0.0869. The molecule has 1 aromatic heterocycles. The Hall–Kier alpha value is -0.770. The molecule has 1 fully saturated rings. The molecule has 1 N–H and O–H groups in total. The first kappa shape index (κ1) is 10.7. The van der Waals surface area contributed by atoms with E-state index < -0.39 is 0 Å². The second-order valence-electron chi connectivity index (χ2n) is 4.93. The minimum atomic E-state index is 0.0869. The van der Waals surface area contributed by atoms with Crippen LogP contribution in [0.3, 0.4) is 0 Å². The molecule has 0 radical (unpaired) electrons. The summed E-state index contributed by atoms with van der Waals surface area (Å²) in [6.45, 7) is 6.48. The molecule has 1 aromatic rings. The zero-order valence-corrected chi connectivity index (χ0v) is 10.3. The van der Waals surface area contributed by atoms with Crippen molar-refractivity contribution in [2.45, 2.75) is 44.3 Å². The van der Waals surface area contributed by atoms with Crippen molar-refractivity contribution in [1.29, 1.82) is 0 Å². The van der Waals surface area contributed by atoms with Gasteiger partial charge in [0.25, 0.3) is 0 Å². The van der Waals surface area contributed by atoms with Crippen LogP contribution in [0.2, 0.25) is 0 Å². The van der Waals surface area contributed by atoms with Crippen molar-refractivity contribution >= 4 is 17.9 Å². The average molecular weight is 223 g/mol. The molecular formula is C11H17N3S. The van der Waals surface area contributed by atoms with E-state index in [4.69, 9.17) is 0 Å². The SMILES string of the molecule is CC(C)(C)c1ccnc(NSC2CC2)n1. The lowest BCUT2D eigenvalue weighted by molar-refractivity contribution is 0.568. The molecule has 15 heavy (non-hydrogen) atoms. The van der Waals surface area contributed by atoms with Gasteiger partial charge in [-0.2, -0.15) is 0 Å². The zero-order chi connectivity index (χ0) is 10.9. The van der Waals surface area contributed by atoms with Gasteiger partial charge in [0.2, 0.25) is 5.95 Å². The first-order chi connectivity index (χ1) is 7.05. The third-order valence-electron chi connectivity index (χ3n) is 2.27. The summed E-state index contributed by atoms with van der Waals surface area (Å²) in [4.78, 5) is 8.71. The largest absolute Gasteiger partial charge is 0.298 e. The number of hydrogen-bond donors (Lipinski definition) is 1. The maximum absolute atomic E-state index is 4.50. The highest BCUT2D eigenvalue weighted by Crippen LogP contribution is 2.33. The van der Waals surface area contributed by atoms with Crippen molar-refractivity contribution in [3.63, 3.8) is 0 Å². The van der Waals surface area contributed by atoms with E-state index in [1.807, 2.05) is 12.3 Å². The van der Waals surface area contributed by atoms with Crippen molar-refractivity contribution in [3.05, 3.63) is 18.0 Å². The second kappa shape index (κ2) is 4.00. The average Bonchev–Trinajstić information content (AvgIpc) is 2.97. The molecule has 0 amide bonds. The molecular weight excluding hydrogens is 206 g/mol. The Balaban J connectivity index is 2.04. The summed E-state index contributed by atoms with van der Waals surface area (Å²) in [7, 11) is 0. The van der Waals surface area contributed by atoms with Crippen molar-refractivity contribution in [1.82, 2.24) is 9.97 Å². The molecule has 1 saturated carbocycles. The lowest BCUT2D eigenvalue weighted by Crippen LogP contribution is -2.14. The topological polar surface area (TPSA) is 37.8 Å². The van der Waals surface area contributed by atoms with E-state index in [2.05, 4.69) is 35.5 Å². The van der Waals surface area contributed by atoms with Gasteiger partial charge in [-0.3, -0.25) is 4.72 Å². The van der Waals surface area contributed by atoms with Gasteiger partial charge in [-0.05, 0) is 30.9 Å². The Bertz CT molecular complexity index is 342. The van der Waals surface area contributed by atoms with Gasteiger partial charge < -0.3 is 0 Å². The Labute approximate surface area is 95.2 Å². The van der Waals surface area contributed by atoms with Crippen LogP contribution in [0.4, 0.5) is 5.95 Å². The van der Waals surface area contributed by atoms with Gasteiger partial charge in [0.05, 0.1) is 5.69 Å². The van der Waals surface area contributed by atoms with E-state index in [0.717, 1.165) is 16.9 Å². The number of anilines is 1. The predicted molar refractivity (Wildman–Crippen MR) is 65.0 cm³/mol. The highest BCUT2D eigenvalue weighted by molar-refractivity contribution is 8.01. The molecule has 0 bridgehead atoms. The predicted octanol–water partition coefficient (Wildman–Crippen LogP) is 3.00. The van der Waals surface area contributed by atoms with Crippen LogP contribution in [0.1, 0.15) is 39.3 Å². The third kappa shape index (κ3) is 3.09. The molecule has 1 heterocycles. The molecule has 1 aliphatic rings. The Morgan fingerprint density at radius 2 is 2.13 bits per heavy atom. The van der Waals surface area contributed by atoms with Gasteiger partial charge in [-0.15, -0.1) is 0 Å². The number of rotatable bonds is 3. The lowest BCUT2D eigenvalue weighted by atomic mass is 9.92. The molecule has 0 atom stereocenters. The van der Waals surface area contributed by atoms with Gasteiger partial charge in [-0.25, -0.2) is 9.97 Å². The fraction of sp³-hybridized carbons (Fsp3) is 0.636. The standard InChI is InChI=1S/C11H17N3S/c1-11(2,3)9-6-7-12-10(13-9)14-15-8-4-5-8/h6-8H,4-5H2,1-3H3,(H,12,13,14). The van der Waals surface area contributed by atoms with Crippen molar-refractivity contribution in [2.75, 3.05) is 4.72 Å². The van der Waals surface area contributed by atoms with E-state index in [1.165, 1.54) is 12.8 Å². The molecule has 3 nitrogen and oxygen atoms in total. The number of hydrogen-bond acceptors (Lipinski definition) is 4. The normalized spacial score (nSPS) is 16.5. The number of nitrogens with zero attached hydrogens (tertiary/aromatic N) is 2. The first-order valence-corrected chi connectivity index (χ1v) is 6.19. The molecule has 0 aromatic carbocycles. The summed E-state index contributed by atoms with van der Waals surface area (Å²) in [6.07, 6.45) is 4.45. The maximum Gasteiger partial charge on any atom is 0.233 e. The fourth-order valence-electron chi connectivity index (χ4n) is 1.15. The summed E-state index contributed by atoms with van der Waals surface area (Å²) in [5.74, 6) is 0.735. The van der Waals surface area contributed by atoms with Gasteiger partial charge in [0, 0.05) is 16.9 Å². The Kier molecular flexibility index (Phi) is 2.87. The summed E-state index contributed by atoms with van der Waals surface area (Å²) >= 11 is 1.74. The molecule has 2 rings (SSSR count). The van der Waals surface area contributed by atoms with Crippen molar-refractivity contribution in [3.8, 4) is 0 Å². The minimum Gasteiger partial charge on any atom is -0.298 e. The van der Waals surface area contributed by atoms with Gasteiger partial charge in [0.1, 0.15) is 0 Å². The fourth-order valence-corrected chi connectivity index (χ4v) is 1.89. The first-order valence-electron chi connectivity index (χ1n) is 5.31. The quantitative estimate of drug-likeness (QED) is 0.799. The van der Waals surface area contributed by atoms with Crippen LogP contribution in [0.5, 0.6) is 0 Å². The highest BCUT2D eigenvalue weighted by Gasteiger charge is 2.23. The summed E-state index contributed by atoms with van der Waals surface area (Å²) < 4.78 is 3.21. The lowest BCUT2D eigenvalue weighted by Gasteiger charge is -2.17. The smallest absolute Gasteiger partial charge is 0.233 e.